The molecule has 0 saturated heterocycles. The van der Waals surface area contributed by atoms with Crippen molar-refractivity contribution < 1.29 is 25.9 Å². The van der Waals surface area contributed by atoms with Crippen LogP contribution in [0, 0.1) is 0 Å². The molecule has 4 aromatic rings. The summed E-state index contributed by atoms with van der Waals surface area (Å²) in [6.07, 6.45) is 82.9. The molecule has 0 aromatic heterocycles. The molecular formula is C88H150BaO6S2. The minimum absolute atomic E-state index is 0. The Bertz CT molecular complexity index is 2500. The number of unbranched alkanes of at least 4 members (excludes halogenated alkanes) is 56. The molecule has 0 N–H and O–H groups in total. The van der Waals surface area contributed by atoms with E-state index in [9.17, 15) is 25.9 Å². The first-order valence-electron chi connectivity index (χ1n) is 42.0. The summed E-state index contributed by atoms with van der Waals surface area (Å²) in [7, 11) is -9.10. The third-order valence-corrected chi connectivity index (χ3v) is 23.0. The van der Waals surface area contributed by atoms with Crippen LogP contribution < -0.4 is 0 Å². The molecule has 0 aliphatic carbocycles. The zero-order valence-electron chi connectivity index (χ0n) is 64.0. The molecule has 0 heterocycles. The summed E-state index contributed by atoms with van der Waals surface area (Å²) in [4.78, 5) is 0.0624. The predicted molar refractivity (Wildman–Crippen MR) is 424 cm³/mol. The van der Waals surface area contributed by atoms with E-state index in [4.69, 9.17) is 0 Å². The fourth-order valence-corrected chi connectivity index (χ4v) is 17.0. The van der Waals surface area contributed by atoms with Crippen LogP contribution in [0.4, 0.5) is 0 Å². The molecule has 0 atom stereocenters. The smallest absolute Gasteiger partial charge is 0.744 e. The van der Waals surface area contributed by atoms with E-state index in [2.05, 4.69) is 39.8 Å². The molecule has 0 unspecified atom stereocenters. The number of fused-ring (bicyclic) bond motifs is 2. The topological polar surface area (TPSA) is 114 Å². The van der Waals surface area contributed by atoms with Gasteiger partial charge in [0.05, 0.1) is 9.79 Å². The molecule has 0 radical (unpaired) electrons. The van der Waals surface area contributed by atoms with Crippen molar-refractivity contribution >= 4 is 90.7 Å². The summed E-state index contributed by atoms with van der Waals surface area (Å²) in [5.41, 5.74) is 3.91. The van der Waals surface area contributed by atoms with Crippen molar-refractivity contribution in [1.82, 2.24) is 0 Å². The van der Waals surface area contributed by atoms with E-state index in [1.54, 1.807) is 0 Å². The van der Waals surface area contributed by atoms with Crippen molar-refractivity contribution in [3.8, 4) is 0 Å². The number of hydrogen-bond donors (Lipinski definition) is 0. The summed E-state index contributed by atoms with van der Waals surface area (Å²) >= 11 is 0. The summed E-state index contributed by atoms with van der Waals surface area (Å²) < 4.78 is 74.9. The van der Waals surface area contributed by atoms with Crippen LogP contribution >= 0.6 is 0 Å². The second-order valence-electron chi connectivity index (χ2n) is 29.8. The Morgan fingerprint density at radius 2 is 0.361 bits per heavy atom. The van der Waals surface area contributed by atoms with Crippen LogP contribution in [0.25, 0.3) is 21.5 Å². The van der Waals surface area contributed by atoms with E-state index in [1.807, 2.05) is 48.5 Å². The van der Waals surface area contributed by atoms with E-state index in [0.717, 1.165) is 73.3 Å². The van der Waals surface area contributed by atoms with Crippen LogP contribution in [0.2, 0.25) is 0 Å². The second-order valence-corrected chi connectivity index (χ2v) is 32.5. The van der Waals surface area contributed by atoms with Crippen LogP contribution in [-0.2, 0) is 45.9 Å². The van der Waals surface area contributed by atoms with Gasteiger partial charge in [0.25, 0.3) is 0 Å². The van der Waals surface area contributed by atoms with Crippen LogP contribution in [0.1, 0.15) is 435 Å². The van der Waals surface area contributed by atoms with Gasteiger partial charge in [0.2, 0.25) is 0 Å². The Morgan fingerprint density at radius 3 is 0.526 bits per heavy atom. The number of benzene rings is 4. The average Bonchev–Trinajstić information content (AvgIpc) is 0.781. The molecule has 4 rings (SSSR count). The summed E-state index contributed by atoms with van der Waals surface area (Å²) in [5.74, 6) is 0. The summed E-state index contributed by atoms with van der Waals surface area (Å²) in [5, 5.41) is 3.14. The van der Waals surface area contributed by atoms with Gasteiger partial charge >= 0.3 is 48.9 Å². The van der Waals surface area contributed by atoms with Gasteiger partial charge in [-0.2, -0.15) is 0 Å². The maximum Gasteiger partial charge on any atom is 2.00 e. The van der Waals surface area contributed by atoms with Crippen LogP contribution in [0.5, 0.6) is 0 Å². The molecule has 97 heavy (non-hydrogen) atoms. The fourth-order valence-electron chi connectivity index (χ4n) is 15.1. The van der Waals surface area contributed by atoms with Crippen molar-refractivity contribution in [1.29, 1.82) is 0 Å². The van der Waals surface area contributed by atoms with Gasteiger partial charge in [-0.25, -0.2) is 16.8 Å². The Morgan fingerprint density at radius 1 is 0.216 bits per heavy atom. The summed E-state index contributed by atoms with van der Waals surface area (Å²) in [6.45, 7) is 9.12. The maximum atomic E-state index is 12.5. The monoisotopic (exact) mass is 1500 g/mol. The second kappa shape index (κ2) is 63.3. The number of aryl methyl sites for hydroxylation is 4. The fraction of sp³-hybridized carbons (Fsp3) is 0.773. The Labute approximate surface area is 642 Å². The zero-order valence-corrected chi connectivity index (χ0v) is 70.1. The molecule has 9 heteroatoms. The Kier molecular flexibility index (Phi) is 59.9. The SMILES string of the molecule is CCCCCCCCCCCCCCCCCc1cc(CCCCCCCCCCCCCCCCC)c2ccccc2c1S(=O)(=O)[O-].CCCCCCCCCCCCCCCCCc1cc(CCCCCCCCCCCCCCCCC)c2ccccc2c1S(=O)(=O)[O-].[Ba+2]. The van der Waals surface area contributed by atoms with Crippen LogP contribution in [0.3, 0.4) is 0 Å². The molecule has 0 fully saturated rings. The molecule has 0 saturated carbocycles. The Balaban J connectivity index is 0.000000653. The average molecular weight is 1510 g/mol. The van der Waals surface area contributed by atoms with Crippen molar-refractivity contribution in [2.45, 2.75) is 448 Å². The zero-order chi connectivity index (χ0) is 69.1. The third kappa shape index (κ3) is 46.3. The third-order valence-electron chi connectivity index (χ3n) is 21.0. The molecule has 0 amide bonds. The van der Waals surface area contributed by atoms with Gasteiger partial charge in [-0.15, -0.1) is 0 Å². The molecule has 4 aromatic carbocycles. The minimum atomic E-state index is -4.55. The largest absolute Gasteiger partial charge is 2.00 e. The van der Waals surface area contributed by atoms with Crippen LogP contribution in [-0.4, -0.2) is 74.8 Å². The first kappa shape index (κ1) is 91.9. The maximum absolute atomic E-state index is 12.5. The number of hydrogen-bond acceptors (Lipinski definition) is 6. The van der Waals surface area contributed by atoms with Crippen molar-refractivity contribution in [2.24, 2.45) is 0 Å². The quantitative estimate of drug-likeness (QED) is 0.0247. The molecule has 0 aliphatic heterocycles. The molecular weight excluding hydrogens is 1350 g/mol. The van der Waals surface area contributed by atoms with Crippen LogP contribution in [0.15, 0.2) is 70.5 Å². The van der Waals surface area contributed by atoms with Crippen molar-refractivity contribution in [2.75, 3.05) is 0 Å². The van der Waals surface area contributed by atoms with E-state index in [0.29, 0.717) is 23.6 Å². The molecule has 0 spiro atoms. The predicted octanol–water partition coefficient (Wildman–Crippen LogP) is 28.8. The van der Waals surface area contributed by atoms with E-state index in [-0.39, 0.29) is 58.7 Å². The van der Waals surface area contributed by atoms with E-state index < -0.39 is 20.2 Å². The molecule has 0 bridgehead atoms. The van der Waals surface area contributed by atoms with Crippen molar-refractivity contribution in [3.63, 3.8) is 0 Å². The minimum Gasteiger partial charge on any atom is -0.744 e. The normalized spacial score (nSPS) is 11.9. The van der Waals surface area contributed by atoms with Gasteiger partial charge in [0.1, 0.15) is 20.2 Å². The first-order chi connectivity index (χ1) is 47.0. The molecule has 0 aliphatic rings. The molecule has 552 valence electrons. The summed E-state index contributed by atoms with van der Waals surface area (Å²) in [6, 6.07) is 19.5. The first-order valence-corrected chi connectivity index (χ1v) is 44.8. The van der Waals surface area contributed by atoms with Gasteiger partial charge < -0.3 is 9.11 Å². The Hall–Kier alpha value is -1.21. The van der Waals surface area contributed by atoms with Gasteiger partial charge in [-0.05, 0) is 95.2 Å². The van der Waals surface area contributed by atoms with E-state index in [1.165, 1.54) is 358 Å². The van der Waals surface area contributed by atoms with Crippen molar-refractivity contribution in [3.05, 3.63) is 82.9 Å². The van der Waals surface area contributed by atoms with Gasteiger partial charge in [-0.1, -0.05) is 448 Å². The standard InChI is InChI=1S/2C44H76O3S.Ba/c2*1-3-5-7-9-11-13-15-17-19-21-23-25-27-29-31-35-40-39-41(44(48(45,46)47)43-38-34-33-37-42(40)43)36-32-30-28-26-24-22-20-18-16-14-12-10-8-6-4-2;/h2*33-34,37-39H,3-32,35-36H2,1-2H3,(H,45,46,47);/q;;+2/p-2. The van der Waals surface area contributed by atoms with Gasteiger partial charge in [-0.3, -0.25) is 0 Å². The van der Waals surface area contributed by atoms with Gasteiger partial charge in [0, 0.05) is 0 Å². The van der Waals surface area contributed by atoms with E-state index >= 15 is 0 Å². The van der Waals surface area contributed by atoms with Gasteiger partial charge in [0.15, 0.2) is 0 Å². The number of rotatable bonds is 66. The molecule has 6 nitrogen and oxygen atoms in total.